The van der Waals surface area contributed by atoms with Crippen LogP contribution in [0, 0.1) is 5.92 Å². The highest BCUT2D eigenvalue weighted by molar-refractivity contribution is 9.10. The van der Waals surface area contributed by atoms with E-state index in [2.05, 4.69) is 22.9 Å². The number of rotatable bonds is 2. The Balaban J connectivity index is 1.88. The molecular weight excluding hydrogens is 280 g/mol. The van der Waals surface area contributed by atoms with E-state index in [4.69, 9.17) is 4.74 Å². The van der Waals surface area contributed by atoms with Crippen LogP contribution in [0.2, 0.25) is 0 Å². The van der Waals surface area contributed by atoms with Gasteiger partial charge < -0.3 is 9.84 Å². The van der Waals surface area contributed by atoms with Gasteiger partial charge in [0.2, 0.25) is 0 Å². The third kappa shape index (κ3) is 2.36. The third-order valence-electron chi connectivity index (χ3n) is 3.73. The van der Waals surface area contributed by atoms with E-state index in [1.165, 1.54) is 12.8 Å². The van der Waals surface area contributed by atoms with Crippen molar-refractivity contribution in [2.24, 2.45) is 5.92 Å². The van der Waals surface area contributed by atoms with Crippen molar-refractivity contribution in [1.29, 1.82) is 0 Å². The first-order chi connectivity index (χ1) is 8.06. The summed E-state index contributed by atoms with van der Waals surface area (Å²) in [6, 6.07) is 5.87. The summed E-state index contributed by atoms with van der Waals surface area (Å²) in [5, 5.41) is 10.3. The summed E-state index contributed by atoms with van der Waals surface area (Å²) in [4.78, 5) is 0. The fourth-order valence-corrected chi connectivity index (χ4v) is 3.14. The van der Waals surface area contributed by atoms with Crippen LogP contribution in [0.5, 0.6) is 5.75 Å². The van der Waals surface area contributed by atoms with Crippen molar-refractivity contribution < 1.29 is 9.84 Å². The van der Waals surface area contributed by atoms with Gasteiger partial charge in [-0.15, -0.1) is 0 Å². The number of halogens is 1. The first-order valence-electron chi connectivity index (χ1n) is 6.22. The van der Waals surface area contributed by atoms with Crippen LogP contribution in [0.3, 0.4) is 0 Å². The molecule has 2 atom stereocenters. The van der Waals surface area contributed by atoms with Crippen molar-refractivity contribution >= 4 is 15.9 Å². The van der Waals surface area contributed by atoms with Crippen LogP contribution in [0.4, 0.5) is 0 Å². The summed E-state index contributed by atoms with van der Waals surface area (Å²) >= 11 is 3.43. The molecule has 3 rings (SSSR count). The van der Waals surface area contributed by atoms with Crippen molar-refractivity contribution in [3.05, 3.63) is 28.2 Å². The highest BCUT2D eigenvalue weighted by Gasteiger charge is 2.40. The molecule has 1 aromatic rings. The number of benzene rings is 1. The quantitative estimate of drug-likeness (QED) is 0.899. The maximum Gasteiger partial charge on any atom is 0.126 e. The molecule has 92 valence electrons. The Bertz CT molecular complexity index is 442. The van der Waals surface area contributed by atoms with Crippen LogP contribution < -0.4 is 4.74 Å². The summed E-state index contributed by atoms with van der Waals surface area (Å²) in [5.41, 5.74) is 0.717. The lowest BCUT2D eigenvalue weighted by Crippen LogP contribution is -2.38. The average Bonchev–Trinajstić information content (AvgIpc) is 3.03. The number of aliphatic hydroxyl groups is 1. The number of hydrogen-bond acceptors (Lipinski definition) is 2. The molecule has 1 heterocycles. The van der Waals surface area contributed by atoms with Gasteiger partial charge in [-0.05, 0) is 37.5 Å². The van der Waals surface area contributed by atoms with Crippen LogP contribution in [0.15, 0.2) is 22.7 Å². The highest BCUT2D eigenvalue weighted by atomic mass is 79.9. The van der Waals surface area contributed by atoms with Gasteiger partial charge in [-0.2, -0.15) is 0 Å². The first-order valence-corrected chi connectivity index (χ1v) is 7.02. The molecule has 0 spiro atoms. The minimum Gasteiger partial charge on any atom is -0.487 e. The fourth-order valence-electron chi connectivity index (χ4n) is 2.76. The number of hydrogen-bond donors (Lipinski definition) is 1. The summed E-state index contributed by atoms with van der Waals surface area (Å²) in [7, 11) is 0. The van der Waals surface area contributed by atoms with Crippen molar-refractivity contribution in [3.63, 3.8) is 0 Å². The average molecular weight is 297 g/mol. The minimum atomic E-state index is -0.403. The molecule has 1 N–H and O–H groups in total. The van der Waals surface area contributed by atoms with Crippen LogP contribution in [-0.4, -0.2) is 10.7 Å². The molecule has 1 aliphatic carbocycles. The Hall–Kier alpha value is -0.540. The van der Waals surface area contributed by atoms with Gasteiger partial charge in [-0.1, -0.05) is 28.8 Å². The molecule has 1 fully saturated rings. The zero-order chi connectivity index (χ0) is 12.0. The van der Waals surface area contributed by atoms with Gasteiger partial charge in [0.15, 0.2) is 0 Å². The van der Waals surface area contributed by atoms with Crippen molar-refractivity contribution in [2.45, 2.75) is 44.3 Å². The molecule has 1 unspecified atom stereocenters. The highest BCUT2D eigenvalue weighted by Crippen LogP contribution is 2.46. The van der Waals surface area contributed by atoms with E-state index in [0.717, 1.165) is 28.1 Å². The summed E-state index contributed by atoms with van der Waals surface area (Å²) in [6.07, 6.45) is 4.01. The lowest BCUT2D eigenvalue weighted by Gasteiger charge is -2.38. The number of aliphatic hydroxyl groups excluding tert-OH is 1. The zero-order valence-corrected chi connectivity index (χ0v) is 11.5. The minimum absolute atomic E-state index is 0.193. The van der Waals surface area contributed by atoms with Gasteiger partial charge in [-0.3, -0.25) is 0 Å². The first kappa shape index (κ1) is 11.5. The SMILES string of the molecule is CC1(CC2CC2)C[C@@H](O)c2cc(Br)ccc2O1. The molecule has 1 aromatic carbocycles. The number of fused-ring (bicyclic) bond motifs is 1. The molecule has 17 heavy (non-hydrogen) atoms. The molecule has 2 aliphatic rings. The predicted molar refractivity (Wildman–Crippen MR) is 70.1 cm³/mol. The normalized spacial score (nSPS) is 31.8. The van der Waals surface area contributed by atoms with Crippen molar-refractivity contribution in [2.75, 3.05) is 0 Å². The molecule has 0 bridgehead atoms. The Kier molecular flexibility index (Phi) is 2.71. The zero-order valence-electron chi connectivity index (χ0n) is 9.95. The van der Waals surface area contributed by atoms with E-state index in [-0.39, 0.29) is 5.60 Å². The van der Waals surface area contributed by atoms with Gasteiger partial charge in [0.25, 0.3) is 0 Å². The predicted octanol–water partition coefficient (Wildman–Crippen LogP) is 3.82. The van der Waals surface area contributed by atoms with Gasteiger partial charge in [0.05, 0.1) is 6.10 Å². The molecule has 0 aromatic heterocycles. The van der Waals surface area contributed by atoms with Gasteiger partial charge >= 0.3 is 0 Å². The van der Waals surface area contributed by atoms with E-state index in [1.807, 2.05) is 18.2 Å². The molecular formula is C14H17BrO2. The largest absolute Gasteiger partial charge is 0.487 e. The smallest absolute Gasteiger partial charge is 0.126 e. The van der Waals surface area contributed by atoms with E-state index in [1.54, 1.807) is 0 Å². The lowest BCUT2D eigenvalue weighted by atomic mass is 9.86. The van der Waals surface area contributed by atoms with E-state index < -0.39 is 6.10 Å². The van der Waals surface area contributed by atoms with E-state index in [0.29, 0.717) is 6.42 Å². The van der Waals surface area contributed by atoms with E-state index in [9.17, 15) is 5.11 Å². The summed E-state index contributed by atoms with van der Waals surface area (Å²) in [5.74, 6) is 1.65. The maximum atomic E-state index is 10.3. The molecule has 1 saturated carbocycles. The van der Waals surface area contributed by atoms with Crippen molar-refractivity contribution in [1.82, 2.24) is 0 Å². The second-order valence-electron chi connectivity index (χ2n) is 5.60. The second-order valence-corrected chi connectivity index (χ2v) is 6.52. The Morgan fingerprint density at radius 1 is 1.47 bits per heavy atom. The topological polar surface area (TPSA) is 29.5 Å². The Morgan fingerprint density at radius 3 is 2.94 bits per heavy atom. The lowest BCUT2D eigenvalue weighted by molar-refractivity contribution is -0.0105. The Morgan fingerprint density at radius 2 is 2.24 bits per heavy atom. The van der Waals surface area contributed by atoms with Crippen LogP contribution in [0.1, 0.15) is 44.3 Å². The second kappa shape index (κ2) is 3.99. The molecule has 1 aliphatic heterocycles. The fraction of sp³-hybridized carbons (Fsp3) is 0.571. The standard InChI is InChI=1S/C14H17BrO2/c1-14(7-9-2-3-9)8-12(16)11-6-10(15)4-5-13(11)17-14/h4-6,9,12,16H,2-3,7-8H2,1H3/t12-,14?/m1/s1. The third-order valence-corrected chi connectivity index (χ3v) is 4.22. The monoisotopic (exact) mass is 296 g/mol. The van der Waals surface area contributed by atoms with Crippen LogP contribution >= 0.6 is 15.9 Å². The maximum absolute atomic E-state index is 10.3. The van der Waals surface area contributed by atoms with E-state index >= 15 is 0 Å². The molecule has 0 saturated heterocycles. The van der Waals surface area contributed by atoms with Crippen molar-refractivity contribution in [3.8, 4) is 5.75 Å². The summed E-state index contributed by atoms with van der Waals surface area (Å²) < 4.78 is 7.11. The molecule has 3 heteroatoms. The number of ether oxygens (including phenoxy) is 1. The van der Waals surface area contributed by atoms with Crippen LogP contribution in [-0.2, 0) is 0 Å². The van der Waals surface area contributed by atoms with Gasteiger partial charge in [-0.25, -0.2) is 0 Å². The molecule has 0 amide bonds. The molecule has 0 radical (unpaired) electrons. The summed E-state index contributed by atoms with van der Waals surface area (Å²) in [6.45, 7) is 2.12. The van der Waals surface area contributed by atoms with Crippen LogP contribution in [0.25, 0.3) is 0 Å². The Labute approximate surface area is 110 Å². The molecule has 2 nitrogen and oxygen atoms in total. The van der Waals surface area contributed by atoms with Gasteiger partial charge in [0.1, 0.15) is 11.4 Å². The van der Waals surface area contributed by atoms with Gasteiger partial charge in [0, 0.05) is 16.5 Å².